The number of esters is 1. The van der Waals surface area contributed by atoms with Gasteiger partial charge in [-0.1, -0.05) is 13.3 Å². The molecule has 0 radical (unpaired) electrons. The highest BCUT2D eigenvalue weighted by atomic mass is 32.1. The third-order valence-corrected chi connectivity index (χ3v) is 2.59. The van der Waals surface area contributed by atoms with Gasteiger partial charge in [0.25, 0.3) is 0 Å². The molecule has 0 amide bonds. The summed E-state index contributed by atoms with van der Waals surface area (Å²) in [5, 5.41) is 0.442. The van der Waals surface area contributed by atoms with Crippen LogP contribution in [-0.4, -0.2) is 15.9 Å². The summed E-state index contributed by atoms with van der Waals surface area (Å²) >= 11 is 1.15. The fourth-order valence-corrected chi connectivity index (χ4v) is 1.98. The van der Waals surface area contributed by atoms with E-state index in [4.69, 9.17) is 10.5 Å². The quantitative estimate of drug-likeness (QED) is 0.827. The lowest BCUT2D eigenvalue weighted by Gasteiger charge is -2.19. The molecule has 0 bridgehead atoms. The number of anilines is 1. The Balaban J connectivity index is 2.93. The van der Waals surface area contributed by atoms with Gasteiger partial charge in [0.15, 0.2) is 0 Å². The molecule has 0 aliphatic carbocycles. The number of hydrogen-bond acceptors (Lipinski definition) is 5. The summed E-state index contributed by atoms with van der Waals surface area (Å²) in [7, 11) is 0. The van der Waals surface area contributed by atoms with Crippen molar-refractivity contribution in [3.8, 4) is 0 Å². The van der Waals surface area contributed by atoms with E-state index in [0.29, 0.717) is 10.6 Å². The molecule has 90 valence electrons. The number of ether oxygens (including phenoxy) is 1. The smallest absolute Gasteiger partial charge is 0.343 e. The van der Waals surface area contributed by atoms with Crippen LogP contribution in [0.15, 0.2) is 0 Å². The van der Waals surface area contributed by atoms with E-state index in [9.17, 15) is 4.79 Å². The number of carbonyl (C=O) groups excluding carboxylic acids is 1. The third-order valence-electron chi connectivity index (χ3n) is 1.88. The Bertz CT molecular complexity index is 380. The van der Waals surface area contributed by atoms with E-state index in [1.54, 1.807) is 0 Å². The van der Waals surface area contributed by atoms with Crippen molar-refractivity contribution in [3.05, 3.63) is 11.3 Å². The summed E-state index contributed by atoms with van der Waals surface area (Å²) in [5.74, 6) is -0.373. The van der Waals surface area contributed by atoms with Crippen LogP contribution in [0.25, 0.3) is 0 Å². The largest absolute Gasteiger partial charge is 0.456 e. The Labute approximate surface area is 100.0 Å². The van der Waals surface area contributed by atoms with Gasteiger partial charge in [0.1, 0.15) is 16.2 Å². The number of nitrogen functional groups attached to an aromatic ring is 1. The summed E-state index contributed by atoms with van der Waals surface area (Å²) in [6.07, 6.45) is 1.68. The zero-order valence-corrected chi connectivity index (χ0v) is 11.0. The molecular weight excluding hydrogens is 224 g/mol. The van der Waals surface area contributed by atoms with Crippen molar-refractivity contribution in [3.63, 3.8) is 0 Å². The van der Waals surface area contributed by atoms with Crippen molar-refractivity contribution >= 4 is 22.5 Å². The summed E-state index contributed by atoms with van der Waals surface area (Å²) in [6.45, 7) is 7.54. The van der Waals surface area contributed by atoms with Gasteiger partial charge >= 0.3 is 5.97 Å². The van der Waals surface area contributed by atoms with Gasteiger partial charge in [-0.2, -0.15) is 4.37 Å². The van der Waals surface area contributed by atoms with E-state index in [1.807, 2.05) is 27.7 Å². The van der Waals surface area contributed by atoms with Gasteiger partial charge in [-0.3, -0.25) is 0 Å². The lowest BCUT2D eigenvalue weighted by Crippen LogP contribution is -2.24. The third kappa shape index (κ3) is 3.20. The zero-order valence-electron chi connectivity index (χ0n) is 10.2. The molecule has 4 nitrogen and oxygen atoms in total. The van der Waals surface area contributed by atoms with Crippen LogP contribution in [0, 0.1) is 0 Å². The van der Waals surface area contributed by atoms with E-state index in [2.05, 4.69) is 4.37 Å². The van der Waals surface area contributed by atoms with Gasteiger partial charge in [0.05, 0.1) is 5.69 Å². The molecular formula is C11H18N2O2S. The average molecular weight is 242 g/mol. The maximum absolute atomic E-state index is 11.9. The van der Waals surface area contributed by atoms with Crippen LogP contribution in [0.3, 0.4) is 0 Å². The minimum atomic E-state index is -0.505. The highest BCUT2D eigenvalue weighted by Crippen LogP contribution is 2.25. The molecule has 0 unspecified atom stereocenters. The minimum Gasteiger partial charge on any atom is -0.456 e. The Morgan fingerprint density at radius 1 is 1.50 bits per heavy atom. The van der Waals surface area contributed by atoms with E-state index in [1.165, 1.54) is 0 Å². The molecule has 2 N–H and O–H groups in total. The van der Waals surface area contributed by atoms with Crippen molar-refractivity contribution in [2.75, 3.05) is 5.73 Å². The number of aromatic nitrogens is 1. The van der Waals surface area contributed by atoms with Gasteiger partial charge in [0.2, 0.25) is 0 Å². The topological polar surface area (TPSA) is 65.2 Å². The summed E-state index contributed by atoms with van der Waals surface area (Å²) in [5.41, 5.74) is 6.44. The standard InChI is InChI=1S/C11H18N2O2S/c1-5-6-7-8(9(12)16-13-7)10(14)15-11(2,3)4/h5-6,12H2,1-4H3. The fraction of sp³-hybridized carbons (Fsp3) is 0.636. The summed E-state index contributed by atoms with van der Waals surface area (Å²) in [4.78, 5) is 11.9. The zero-order chi connectivity index (χ0) is 12.3. The predicted molar refractivity (Wildman–Crippen MR) is 65.7 cm³/mol. The lowest BCUT2D eigenvalue weighted by atomic mass is 10.1. The van der Waals surface area contributed by atoms with E-state index in [0.717, 1.165) is 30.1 Å². The van der Waals surface area contributed by atoms with Gasteiger partial charge in [-0.25, -0.2) is 4.79 Å². The van der Waals surface area contributed by atoms with Crippen molar-refractivity contribution in [1.82, 2.24) is 4.37 Å². The van der Waals surface area contributed by atoms with E-state index >= 15 is 0 Å². The number of aryl methyl sites for hydroxylation is 1. The molecule has 0 saturated carbocycles. The molecule has 1 heterocycles. The molecule has 0 spiro atoms. The van der Waals surface area contributed by atoms with Crippen molar-refractivity contribution in [2.45, 2.75) is 46.1 Å². The Kier molecular flexibility index (Phi) is 3.91. The van der Waals surface area contributed by atoms with Gasteiger partial charge in [-0.15, -0.1) is 0 Å². The SMILES string of the molecule is CCCc1nsc(N)c1C(=O)OC(C)(C)C. The van der Waals surface area contributed by atoms with Crippen molar-refractivity contribution in [2.24, 2.45) is 0 Å². The van der Waals surface area contributed by atoms with Gasteiger partial charge in [0, 0.05) is 0 Å². The molecule has 16 heavy (non-hydrogen) atoms. The maximum Gasteiger partial charge on any atom is 0.343 e. The number of hydrogen-bond donors (Lipinski definition) is 1. The van der Waals surface area contributed by atoms with Gasteiger partial charge in [-0.05, 0) is 38.7 Å². The van der Waals surface area contributed by atoms with Gasteiger partial charge < -0.3 is 10.5 Å². The number of nitrogens with two attached hydrogens (primary N) is 1. The number of rotatable bonds is 3. The Morgan fingerprint density at radius 3 is 2.62 bits per heavy atom. The molecule has 1 rings (SSSR count). The first kappa shape index (κ1) is 13.0. The van der Waals surface area contributed by atoms with Crippen molar-refractivity contribution in [1.29, 1.82) is 0 Å². The Hall–Kier alpha value is -1.10. The maximum atomic E-state index is 11.9. The predicted octanol–water partition coefficient (Wildman–Crippen LogP) is 2.63. The second-order valence-corrected chi connectivity index (χ2v) is 5.43. The normalized spacial score (nSPS) is 11.5. The van der Waals surface area contributed by atoms with Crippen LogP contribution >= 0.6 is 11.5 Å². The Morgan fingerprint density at radius 2 is 2.12 bits per heavy atom. The monoisotopic (exact) mass is 242 g/mol. The van der Waals surface area contributed by atoms with E-state index < -0.39 is 5.60 Å². The number of nitrogens with zero attached hydrogens (tertiary/aromatic N) is 1. The van der Waals surface area contributed by atoms with Crippen LogP contribution in [0.2, 0.25) is 0 Å². The first-order valence-corrected chi connectivity index (χ1v) is 6.10. The molecule has 0 aromatic carbocycles. The first-order chi connectivity index (χ1) is 7.35. The van der Waals surface area contributed by atoms with Crippen LogP contribution in [-0.2, 0) is 11.2 Å². The minimum absolute atomic E-state index is 0.373. The molecule has 1 aromatic rings. The second kappa shape index (κ2) is 4.82. The highest BCUT2D eigenvalue weighted by Gasteiger charge is 2.24. The molecule has 0 aliphatic heterocycles. The lowest BCUT2D eigenvalue weighted by molar-refractivity contribution is 0.00699. The highest BCUT2D eigenvalue weighted by molar-refractivity contribution is 7.10. The second-order valence-electron chi connectivity index (χ2n) is 4.62. The molecule has 0 aliphatic rings. The molecule has 0 fully saturated rings. The molecule has 1 aromatic heterocycles. The number of carbonyl (C=O) groups is 1. The molecule has 0 saturated heterocycles. The summed E-state index contributed by atoms with van der Waals surface area (Å²) in [6, 6.07) is 0. The van der Waals surface area contributed by atoms with Crippen LogP contribution in [0.1, 0.15) is 50.2 Å². The van der Waals surface area contributed by atoms with Crippen molar-refractivity contribution < 1.29 is 9.53 Å². The first-order valence-electron chi connectivity index (χ1n) is 5.32. The van der Waals surface area contributed by atoms with Crippen LogP contribution in [0.5, 0.6) is 0 Å². The molecule has 0 atom stereocenters. The molecule has 5 heteroatoms. The summed E-state index contributed by atoms with van der Waals surface area (Å²) < 4.78 is 9.47. The van der Waals surface area contributed by atoms with Crippen LogP contribution < -0.4 is 5.73 Å². The average Bonchev–Trinajstić information content (AvgIpc) is 2.44. The van der Waals surface area contributed by atoms with E-state index in [-0.39, 0.29) is 5.97 Å². The fourth-order valence-electron chi connectivity index (χ4n) is 1.29. The van der Waals surface area contributed by atoms with Crippen LogP contribution in [0.4, 0.5) is 5.00 Å².